The first-order valence-corrected chi connectivity index (χ1v) is 10.6. The standard InChI is InChI=1S/C20H20FN3O6S/c1-30-20(27)15-12-24(10-11-25)19(26)18(15)22-13-6-8-14(9-7-13)31(28,29)23-17-5-3-2-4-16(17)21/h2-9,22-23,25H,10-12H2,1H3. The number of para-hydroxylation sites is 1. The van der Waals surface area contributed by atoms with Crippen LogP contribution in [0.25, 0.3) is 0 Å². The third-order valence-electron chi connectivity index (χ3n) is 4.51. The number of ether oxygens (including phenoxy) is 1. The molecule has 0 saturated heterocycles. The lowest BCUT2D eigenvalue weighted by Gasteiger charge is -2.15. The average Bonchev–Trinajstić information content (AvgIpc) is 3.05. The number of hydrogen-bond acceptors (Lipinski definition) is 7. The number of nitrogens with zero attached hydrogens (tertiary/aromatic N) is 1. The molecule has 0 saturated carbocycles. The Morgan fingerprint density at radius 1 is 1.19 bits per heavy atom. The summed E-state index contributed by atoms with van der Waals surface area (Å²) < 4.78 is 45.6. The van der Waals surface area contributed by atoms with Gasteiger partial charge in [0.15, 0.2) is 0 Å². The summed E-state index contributed by atoms with van der Waals surface area (Å²) in [5.41, 5.74) is 0.248. The molecule has 9 nitrogen and oxygen atoms in total. The maximum absolute atomic E-state index is 13.8. The normalized spacial score (nSPS) is 14.0. The maximum Gasteiger partial charge on any atom is 0.337 e. The van der Waals surface area contributed by atoms with Gasteiger partial charge < -0.3 is 20.1 Å². The number of methoxy groups -OCH3 is 1. The smallest absolute Gasteiger partial charge is 0.337 e. The van der Waals surface area contributed by atoms with Crippen LogP contribution in [0.2, 0.25) is 0 Å². The van der Waals surface area contributed by atoms with Crippen molar-refractivity contribution in [2.24, 2.45) is 0 Å². The van der Waals surface area contributed by atoms with E-state index in [0.29, 0.717) is 5.69 Å². The summed E-state index contributed by atoms with van der Waals surface area (Å²) in [6, 6.07) is 10.7. The number of sulfonamides is 1. The first-order chi connectivity index (χ1) is 14.8. The van der Waals surface area contributed by atoms with Crippen molar-refractivity contribution in [3.63, 3.8) is 0 Å². The highest BCUT2D eigenvalue weighted by Gasteiger charge is 2.34. The Kier molecular flexibility index (Phi) is 6.56. The second-order valence-electron chi connectivity index (χ2n) is 6.53. The molecule has 164 valence electrons. The molecule has 31 heavy (non-hydrogen) atoms. The highest BCUT2D eigenvalue weighted by molar-refractivity contribution is 7.92. The number of amides is 1. The van der Waals surface area contributed by atoms with Gasteiger partial charge in [-0.2, -0.15) is 0 Å². The molecule has 0 aromatic heterocycles. The van der Waals surface area contributed by atoms with Crippen molar-refractivity contribution in [1.29, 1.82) is 0 Å². The lowest BCUT2D eigenvalue weighted by Crippen LogP contribution is -2.31. The van der Waals surface area contributed by atoms with Crippen molar-refractivity contribution in [3.05, 3.63) is 65.6 Å². The Morgan fingerprint density at radius 3 is 2.48 bits per heavy atom. The number of halogens is 1. The molecule has 1 amide bonds. The van der Waals surface area contributed by atoms with Crippen LogP contribution in [-0.4, -0.2) is 57.1 Å². The number of esters is 1. The molecule has 3 rings (SSSR count). The number of aliphatic hydroxyl groups is 1. The van der Waals surface area contributed by atoms with E-state index in [1.165, 1.54) is 54.5 Å². The van der Waals surface area contributed by atoms with Gasteiger partial charge in [-0.15, -0.1) is 0 Å². The van der Waals surface area contributed by atoms with E-state index in [0.717, 1.165) is 6.07 Å². The van der Waals surface area contributed by atoms with Gasteiger partial charge in [0.25, 0.3) is 15.9 Å². The second kappa shape index (κ2) is 9.14. The summed E-state index contributed by atoms with van der Waals surface area (Å²) in [6.07, 6.45) is 0. The van der Waals surface area contributed by atoms with E-state index < -0.39 is 27.7 Å². The Hall–Kier alpha value is -3.44. The summed E-state index contributed by atoms with van der Waals surface area (Å²) in [4.78, 5) is 25.7. The predicted octanol–water partition coefficient (Wildman–Crippen LogP) is 1.30. The van der Waals surface area contributed by atoms with Gasteiger partial charge in [-0.1, -0.05) is 12.1 Å². The zero-order valence-electron chi connectivity index (χ0n) is 16.5. The van der Waals surface area contributed by atoms with Crippen LogP contribution in [-0.2, 0) is 24.3 Å². The van der Waals surface area contributed by atoms with Crippen LogP contribution in [0.1, 0.15) is 0 Å². The molecule has 0 radical (unpaired) electrons. The Balaban J connectivity index is 1.81. The van der Waals surface area contributed by atoms with Crippen molar-refractivity contribution in [2.75, 3.05) is 36.8 Å². The molecular weight excluding hydrogens is 429 g/mol. The summed E-state index contributed by atoms with van der Waals surface area (Å²) in [5.74, 6) is -1.89. The van der Waals surface area contributed by atoms with Crippen molar-refractivity contribution in [1.82, 2.24) is 4.90 Å². The maximum atomic E-state index is 13.8. The zero-order valence-corrected chi connectivity index (χ0v) is 17.3. The van der Waals surface area contributed by atoms with Crippen molar-refractivity contribution < 1.29 is 32.2 Å². The van der Waals surface area contributed by atoms with Crippen LogP contribution in [0.4, 0.5) is 15.8 Å². The van der Waals surface area contributed by atoms with Crippen molar-refractivity contribution in [3.8, 4) is 0 Å². The van der Waals surface area contributed by atoms with Crippen LogP contribution < -0.4 is 10.0 Å². The van der Waals surface area contributed by atoms with Crippen molar-refractivity contribution in [2.45, 2.75) is 4.90 Å². The minimum Gasteiger partial charge on any atom is -0.466 e. The molecule has 1 aliphatic rings. The van der Waals surface area contributed by atoms with E-state index in [9.17, 15) is 22.4 Å². The Morgan fingerprint density at radius 2 is 1.87 bits per heavy atom. The molecule has 1 aliphatic heterocycles. The van der Waals surface area contributed by atoms with Crippen molar-refractivity contribution >= 4 is 33.3 Å². The third kappa shape index (κ3) is 4.84. The highest BCUT2D eigenvalue weighted by atomic mass is 32.2. The lowest BCUT2D eigenvalue weighted by molar-refractivity contribution is -0.136. The minimum atomic E-state index is -4.04. The van der Waals surface area contributed by atoms with E-state index >= 15 is 0 Å². The molecule has 0 bridgehead atoms. The van der Waals surface area contributed by atoms with E-state index in [-0.39, 0.29) is 41.5 Å². The van der Waals surface area contributed by atoms with Crippen LogP contribution in [0, 0.1) is 5.82 Å². The second-order valence-corrected chi connectivity index (χ2v) is 8.21. The van der Waals surface area contributed by atoms with Crippen LogP contribution >= 0.6 is 0 Å². The number of β-amino-alcohol motifs (C(OH)–C–C–N with tert-alkyl or cyclic N) is 1. The molecule has 11 heteroatoms. The molecule has 1 heterocycles. The fourth-order valence-electron chi connectivity index (χ4n) is 2.96. The molecule has 0 spiro atoms. The van der Waals surface area contributed by atoms with E-state index in [2.05, 4.69) is 10.0 Å². The van der Waals surface area contributed by atoms with Gasteiger partial charge in [0.05, 0.1) is 36.4 Å². The molecule has 2 aromatic carbocycles. The molecule has 2 aromatic rings. The predicted molar refractivity (Wildman–Crippen MR) is 110 cm³/mol. The summed E-state index contributed by atoms with van der Waals surface area (Å²) >= 11 is 0. The van der Waals surface area contributed by atoms with Gasteiger partial charge in [0, 0.05) is 12.2 Å². The van der Waals surface area contributed by atoms with E-state index in [4.69, 9.17) is 9.84 Å². The minimum absolute atomic E-state index is 0.0135. The number of rotatable bonds is 8. The number of anilines is 2. The number of aliphatic hydroxyl groups excluding tert-OH is 1. The molecule has 0 aliphatic carbocycles. The summed E-state index contributed by atoms with van der Waals surface area (Å²) in [7, 11) is -2.85. The average molecular weight is 449 g/mol. The fraction of sp³-hybridized carbons (Fsp3) is 0.200. The number of carbonyl (C=O) groups is 2. The van der Waals surface area contributed by atoms with Crippen LogP contribution in [0.15, 0.2) is 64.7 Å². The van der Waals surface area contributed by atoms with Gasteiger partial charge in [0.1, 0.15) is 11.5 Å². The SMILES string of the molecule is COC(=O)C1=C(Nc2ccc(S(=O)(=O)Nc3ccccc3F)cc2)C(=O)N(CCO)C1. The molecule has 0 fully saturated rings. The fourth-order valence-corrected chi connectivity index (χ4v) is 4.03. The number of carbonyl (C=O) groups excluding carboxylic acids is 2. The van der Waals surface area contributed by atoms with Gasteiger partial charge in [0.2, 0.25) is 0 Å². The summed E-state index contributed by atoms with van der Waals surface area (Å²) in [5, 5.41) is 11.9. The number of hydrogen-bond donors (Lipinski definition) is 3. The topological polar surface area (TPSA) is 125 Å². The monoisotopic (exact) mass is 449 g/mol. The van der Waals surface area contributed by atoms with E-state index in [1.807, 2.05) is 0 Å². The largest absolute Gasteiger partial charge is 0.466 e. The highest BCUT2D eigenvalue weighted by Crippen LogP contribution is 2.24. The van der Waals surface area contributed by atoms with Gasteiger partial charge in [-0.25, -0.2) is 17.6 Å². The Bertz CT molecular complexity index is 1130. The zero-order chi connectivity index (χ0) is 22.6. The van der Waals surface area contributed by atoms with Crippen LogP contribution in [0.3, 0.4) is 0 Å². The summed E-state index contributed by atoms with van der Waals surface area (Å²) in [6.45, 7) is -0.244. The molecular formula is C20H20FN3O6S. The first-order valence-electron chi connectivity index (χ1n) is 9.13. The lowest BCUT2D eigenvalue weighted by atomic mass is 10.2. The van der Waals surface area contributed by atoms with Gasteiger partial charge in [-0.05, 0) is 36.4 Å². The quantitative estimate of drug-likeness (QED) is 0.519. The van der Waals surface area contributed by atoms with Gasteiger partial charge >= 0.3 is 5.97 Å². The Labute approximate surface area is 178 Å². The molecule has 3 N–H and O–H groups in total. The first kappa shape index (κ1) is 22.2. The van der Waals surface area contributed by atoms with E-state index in [1.54, 1.807) is 0 Å². The number of benzene rings is 2. The third-order valence-corrected chi connectivity index (χ3v) is 5.89. The molecule has 0 unspecified atom stereocenters. The van der Waals surface area contributed by atoms with Gasteiger partial charge in [-0.3, -0.25) is 9.52 Å². The molecule has 0 atom stereocenters. The van der Waals surface area contributed by atoms with Crippen LogP contribution in [0.5, 0.6) is 0 Å². The number of nitrogens with one attached hydrogen (secondary N) is 2.